The third-order valence-corrected chi connectivity index (χ3v) is 2.84. The number of halogens is 1. The monoisotopic (exact) mass is 226 g/mol. The van der Waals surface area contributed by atoms with E-state index in [4.69, 9.17) is 16.3 Å². The molecule has 0 saturated carbocycles. The molecule has 0 spiro atoms. The Morgan fingerprint density at radius 2 is 2.33 bits per heavy atom. The van der Waals surface area contributed by atoms with E-state index in [0.29, 0.717) is 5.02 Å². The molecule has 1 aromatic rings. The first kappa shape index (κ1) is 10.7. The smallest absolute Gasteiger partial charge is 0.141 e. The SMILES string of the molecule is Clc1cnccc1OC1CCCNCC1. The largest absolute Gasteiger partial charge is 0.489 e. The number of pyridine rings is 1. The highest BCUT2D eigenvalue weighted by molar-refractivity contribution is 6.31. The number of nitrogens with one attached hydrogen (secondary N) is 1. The number of aromatic nitrogens is 1. The summed E-state index contributed by atoms with van der Waals surface area (Å²) in [6, 6.07) is 1.82. The highest BCUT2D eigenvalue weighted by Crippen LogP contribution is 2.25. The Hall–Kier alpha value is -0.800. The predicted octanol–water partition coefficient (Wildman–Crippen LogP) is 2.26. The van der Waals surface area contributed by atoms with Gasteiger partial charge in [-0.15, -0.1) is 0 Å². The van der Waals surface area contributed by atoms with Gasteiger partial charge in [-0.05, 0) is 32.4 Å². The Labute approximate surface area is 94.8 Å². The molecule has 0 bridgehead atoms. The van der Waals surface area contributed by atoms with Crippen LogP contribution in [0.25, 0.3) is 0 Å². The van der Waals surface area contributed by atoms with Crippen molar-refractivity contribution in [2.75, 3.05) is 13.1 Å². The maximum atomic E-state index is 5.98. The minimum absolute atomic E-state index is 0.278. The van der Waals surface area contributed by atoms with Crippen LogP contribution in [-0.4, -0.2) is 24.2 Å². The molecule has 1 aliphatic rings. The van der Waals surface area contributed by atoms with E-state index in [1.807, 2.05) is 6.07 Å². The standard InChI is InChI=1S/C11H15ClN2O/c12-10-8-14-7-4-11(10)15-9-2-1-5-13-6-3-9/h4,7-9,13H,1-3,5-6H2. The first-order valence-electron chi connectivity index (χ1n) is 5.33. The van der Waals surface area contributed by atoms with Crippen LogP contribution in [0.2, 0.25) is 5.02 Å². The average molecular weight is 227 g/mol. The van der Waals surface area contributed by atoms with Crippen LogP contribution in [0, 0.1) is 0 Å². The van der Waals surface area contributed by atoms with Crippen molar-refractivity contribution in [3.63, 3.8) is 0 Å². The Morgan fingerprint density at radius 1 is 1.40 bits per heavy atom. The molecule has 2 rings (SSSR count). The van der Waals surface area contributed by atoms with E-state index in [9.17, 15) is 0 Å². The minimum atomic E-state index is 0.278. The molecule has 82 valence electrons. The summed E-state index contributed by atoms with van der Waals surface area (Å²) in [5, 5.41) is 3.94. The molecule has 3 nitrogen and oxygen atoms in total. The van der Waals surface area contributed by atoms with Crippen LogP contribution in [0.4, 0.5) is 0 Å². The second-order valence-corrected chi connectivity index (χ2v) is 4.13. The van der Waals surface area contributed by atoms with E-state index < -0.39 is 0 Å². The van der Waals surface area contributed by atoms with Gasteiger partial charge in [0.05, 0.1) is 0 Å². The van der Waals surface area contributed by atoms with Crippen molar-refractivity contribution >= 4 is 11.6 Å². The molecule has 15 heavy (non-hydrogen) atoms. The molecule has 0 aliphatic carbocycles. The summed E-state index contributed by atoms with van der Waals surface area (Å²) in [5.41, 5.74) is 0. The third-order valence-electron chi connectivity index (χ3n) is 2.55. The minimum Gasteiger partial charge on any atom is -0.489 e. The number of rotatable bonds is 2. The molecule has 1 N–H and O–H groups in total. The molecule has 0 amide bonds. The Bertz CT molecular complexity index is 311. The highest BCUT2D eigenvalue weighted by Gasteiger charge is 2.14. The molecule has 1 aromatic heterocycles. The topological polar surface area (TPSA) is 34.1 Å². The fourth-order valence-electron chi connectivity index (χ4n) is 1.74. The molecule has 1 fully saturated rings. The van der Waals surface area contributed by atoms with Gasteiger partial charge in [0.15, 0.2) is 0 Å². The van der Waals surface area contributed by atoms with Gasteiger partial charge < -0.3 is 10.1 Å². The van der Waals surface area contributed by atoms with Crippen LogP contribution < -0.4 is 10.1 Å². The van der Waals surface area contributed by atoms with E-state index >= 15 is 0 Å². The fourth-order valence-corrected chi connectivity index (χ4v) is 1.91. The summed E-state index contributed by atoms with van der Waals surface area (Å²) in [7, 11) is 0. The normalized spacial score (nSPS) is 22.1. The van der Waals surface area contributed by atoms with Gasteiger partial charge in [-0.1, -0.05) is 11.6 Å². The summed E-state index contributed by atoms with van der Waals surface area (Å²) in [5.74, 6) is 0.749. The number of hydrogen-bond acceptors (Lipinski definition) is 3. The molecule has 1 unspecified atom stereocenters. The van der Waals surface area contributed by atoms with Gasteiger partial charge >= 0.3 is 0 Å². The number of nitrogens with zero attached hydrogens (tertiary/aromatic N) is 1. The van der Waals surface area contributed by atoms with Gasteiger partial charge in [0.25, 0.3) is 0 Å². The molecular formula is C11H15ClN2O. The lowest BCUT2D eigenvalue weighted by molar-refractivity contribution is 0.187. The molecule has 4 heteroatoms. The zero-order valence-electron chi connectivity index (χ0n) is 8.58. The van der Waals surface area contributed by atoms with E-state index in [1.165, 1.54) is 0 Å². The first-order valence-corrected chi connectivity index (χ1v) is 5.71. The summed E-state index contributed by atoms with van der Waals surface area (Å²) < 4.78 is 5.85. The second-order valence-electron chi connectivity index (χ2n) is 3.73. The van der Waals surface area contributed by atoms with Gasteiger partial charge in [0.2, 0.25) is 0 Å². The van der Waals surface area contributed by atoms with Crippen LogP contribution in [-0.2, 0) is 0 Å². The molecule has 1 atom stereocenters. The van der Waals surface area contributed by atoms with E-state index in [2.05, 4.69) is 10.3 Å². The summed E-state index contributed by atoms with van der Waals surface area (Å²) in [6.45, 7) is 2.11. The van der Waals surface area contributed by atoms with Crippen molar-refractivity contribution in [1.82, 2.24) is 10.3 Å². The predicted molar refractivity (Wildman–Crippen MR) is 60.4 cm³/mol. The average Bonchev–Trinajstić information content (AvgIpc) is 2.50. The highest BCUT2D eigenvalue weighted by atomic mass is 35.5. The zero-order valence-corrected chi connectivity index (χ0v) is 9.33. The lowest BCUT2D eigenvalue weighted by atomic mass is 10.1. The van der Waals surface area contributed by atoms with Crippen molar-refractivity contribution in [2.24, 2.45) is 0 Å². The molecule has 2 heterocycles. The van der Waals surface area contributed by atoms with Crippen LogP contribution in [0.1, 0.15) is 19.3 Å². The summed E-state index contributed by atoms with van der Waals surface area (Å²) >= 11 is 5.98. The Kier molecular flexibility index (Phi) is 3.80. The van der Waals surface area contributed by atoms with Gasteiger partial charge in [0, 0.05) is 18.5 Å². The number of ether oxygens (including phenoxy) is 1. The molecule has 1 aliphatic heterocycles. The van der Waals surface area contributed by atoms with E-state index in [0.717, 1.165) is 38.1 Å². The van der Waals surface area contributed by atoms with Crippen LogP contribution >= 0.6 is 11.6 Å². The molecule has 0 aromatic carbocycles. The van der Waals surface area contributed by atoms with Crippen molar-refractivity contribution in [1.29, 1.82) is 0 Å². The summed E-state index contributed by atoms with van der Waals surface area (Å²) in [6.07, 6.45) is 6.89. The summed E-state index contributed by atoms with van der Waals surface area (Å²) in [4.78, 5) is 3.93. The maximum Gasteiger partial charge on any atom is 0.141 e. The second kappa shape index (κ2) is 5.33. The molecule has 0 radical (unpaired) electrons. The van der Waals surface area contributed by atoms with Crippen LogP contribution in [0.5, 0.6) is 5.75 Å². The molecular weight excluding hydrogens is 212 g/mol. The maximum absolute atomic E-state index is 5.98. The van der Waals surface area contributed by atoms with Crippen molar-refractivity contribution in [3.05, 3.63) is 23.5 Å². The third kappa shape index (κ3) is 3.08. The van der Waals surface area contributed by atoms with Gasteiger partial charge in [-0.2, -0.15) is 0 Å². The lowest BCUT2D eigenvalue weighted by Crippen LogP contribution is -2.19. The van der Waals surface area contributed by atoms with Gasteiger partial charge in [-0.3, -0.25) is 4.98 Å². The fraction of sp³-hybridized carbons (Fsp3) is 0.545. The van der Waals surface area contributed by atoms with Gasteiger partial charge in [-0.25, -0.2) is 0 Å². The number of hydrogen-bond donors (Lipinski definition) is 1. The van der Waals surface area contributed by atoms with E-state index in [-0.39, 0.29) is 6.10 Å². The van der Waals surface area contributed by atoms with Crippen LogP contribution in [0.3, 0.4) is 0 Å². The van der Waals surface area contributed by atoms with Crippen LogP contribution in [0.15, 0.2) is 18.5 Å². The Morgan fingerprint density at radius 3 is 3.20 bits per heavy atom. The van der Waals surface area contributed by atoms with Gasteiger partial charge in [0.1, 0.15) is 16.9 Å². The van der Waals surface area contributed by atoms with Crippen molar-refractivity contribution < 1.29 is 4.74 Å². The Balaban J connectivity index is 1.98. The molecule has 1 saturated heterocycles. The first-order chi connectivity index (χ1) is 7.36. The van der Waals surface area contributed by atoms with Crippen molar-refractivity contribution in [3.8, 4) is 5.75 Å². The van der Waals surface area contributed by atoms with E-state index in [1.54, 1.807) is 12.4 Å². The lowest BCUT2D eigenvalue weighted by Gasteiger charge is -2.17. The quantitative estimate of drug-likeness (QED) is 0.840. The zero-order chi connectivity index (χ0) is 10.5. The van der Waals surface area contributed by atoms with Crippen molar-refractivity contribution in [2.45, 2.75) is 25.4 Å².